The fourth-order valence-electron chi connectivity index (χ4n) is 2.03. The van der Waals surface area contributed by atoms with Gasteiger partial charge < -0.3 is 25.2 Å². The topological polar surface area (TPSA) is 65.0 Å². The van der Waals surface area contributed by atoms with Crippen LogP contribution in [0.25, 0.3) is 0 Å². The molecule has 0 aliphatic heterocycles. The minimum absolute atomic E-state index is 0.213. The molecule has 2 unspecified atom stereocenters. The van der Waals surface area contributed by atoms with Crippen molar-refractivity contribution in [3.63, 3.8) is 0 Å². The van der Waals surface area contributed by atoms with Gasteiger partial charge in [-0.05, 0) is 45.3 Å². The molecule has 2 atom stereocenters. The van der Waals surface area contributed by atoms with Gasteiger partial charge in [-0.1, -0.05) is 15.9 Å². The first-order valence-corrected chi connectivity index (χ1v) is 7.72. The zero-order valence-corrected chi connectivity index (χ0v) is 14.4. The van der Waals surface area contributed by atoms with Gasteiger partial charge in [-0.25, -0.2) is 0 Å². The highest BCUT2D eigenvalue weighted by atomic mass is 79.9. The number of ether oxygens (including phenoxy) is 1. The van der Waals surface area contributed by atoms with Gasteiger partial charge in [-0.3, -0.25) is 0 Å². The van der Waals surface area contributed by atoms with Crippen LogP contribution in [-0.2, 0) is 0 Å². The number of aliphatic hydroxyl groups excluding tert-OH is 1. The van der Waals surface area contributed by atoms with E-state index >= 15 is 0 Å². The van der Waals surface area contributed by atoms with Gasteiger partial charge in [-0.15, -0.1) is 0 Å². The van der Waals surface area contributed by atoms with Crippen LogP contribution in [0.2, 0.25) is 0 Å². The van der Waals surface area contributed by atoms with Crippen molar-refractivity contribution in [3.8, 4) is 5.75 Å². The summed E-state index contributed by atoms with van der Waals surface area (Å²) in [6.07, 6.45) is -0.621. The lowest BCUT2D eigenvalue weighted by Crippen LogP contribution is -2.47. The highest BCUT2D eigenvalue weighted by Gasteiger charge is 2.21. The summed E-state index contributed by atoms with van der Waals surface area (Å²) in [5.41, 5.74) is -0.824. The number of aliphatic hydroxyl groups is 2. The smallest absolute Gasteiger partial charge is 0.119 e. The van der Waals surface area contributed by atoms with E-state index in [1.165, 1.54) is 0 Å². The largest absolute Gasteiger partial charge is 0.491 e. The molecule has 21 heavy (non-hydrogen) atoms. The van der Waals surface area contributed by atoms with Crippen LogP contribution in [0.5, 0.6) is 5.75 Å². The minimum Gasteiger partial charge on any atom is -0.491 e. The molecule has 0 aliphatic rings. The highest BCUT2D eigenvalue weighted by Crippen LogP contribution is 2.16. The van der Waals surface area contributed by atoms with E-state index in [9.17, 15) is 10.2 Å². The van der Waals surface area contributed by atoms with E-state index in [2.05, 4.69) is 21.2 Å². The van der Waals surface area contributed by atoms with E-state index in [1.54, 1.807) is 6.92 Å². The molecule has 0 aliphatic carbocycles. The van der Waals surface area contributed by atoms with E-state index in [0.29, 0.717) is 19.6 Å². The molecule has 0 spiro atoms. The molecule has 5 nitrogen and oxygen atoms in total. The lowest BCUT2D eigenvalue weighted by molar-refractivity contribution is 0.0286. The molecule has 0 saturated carbocycles. The average molecular weight is 361 g/mol. The number of hydrogen-bond donors (Lipinski definition) is 3. The molecule has 0 aromatic heterocycles. The summed E-state index contributed by atoms with van der Waals surface area (Å²) in [4.78, 5) is 1.93. The Bertz CT molecular complexity index is 410. The molecule has 120 valence electrons. The highest BCUT2D eigenvalue weighted by molar-refractivity contribution is 9.10. The fourth-order valence-corrected chi connectivity index (χ4v) is 2.29. The van der Waals surface area contributed by atoms with Crippen LogP contribution in [0.15, 0.2) is 28.7 Å². The lowest BCUT2D eigenvalue weighted by Gasteiger charge is -2.27. The van der Waals surface area contributed by atoms with Gasteiger partial charge in [0.1, 0.15) is 18.5 Å². The first kappa shape index (κ1) is 18.4. The Balaban J connectivity index is 2.22. The standard InChI is InChI=1S/C15H25BrN2O3/c1-15(20,11-18(2)3)10-17-8-13(19)9-21-14-6-4-12(16)5-7-14/h4-7,13,17,19-20H,8-11H2,1-3H3. The average Bonchev–Trinajstić information content (AvgIpc) is 2.36. The first-order chi connectivity index (χ1) is 9.78. The van der Waals surface area contributed by atoms with E-state index in [-0.39, 0.29) is 6.61 Å². The zero-order chi connectivity index (χ0) is 15.9. The Morgan fingerprint density at radius 1 is 1.33 bits per heavy atom. The summed E-state index contributed by atoms with van der Waals surface area (Å²) in [7, 11) is 3.82. The molecule has 0 bridgehead atoms. The van der Waals surface area contributed by atoms with E-state index in [0.717, 1.165) is 10.2 Å². The second-order valence-corrected chi connectivity index (χ2v) is 6.70. The Kier molecular flexibility index (Phi) is 7.62. The summed E-state index contributed by atoms with van der Waals surface area (Å²) < 4.78 is 6.47. The number of nitrogens with zero attached hydrogens (tertiary/aromatic N) is 1. The molecule has 0 heterocycles. The molecule has 0 radical (unpaired) electrons. The van der Waals surface area contributed by atoms with Crippen molar-refractivity contribution in [3.05, 3.63) is 28.7 Å². The van der Waals surface area contributed by atoms with Crippen molar-refractivity contribution in [2.75, 3.05) is 40.3 Å². The molecule has 0 amide bonds. The monoisotopic (exact) mass is 360 g/mol. The Morgan fingerprint density at radius 3 is 2.52 bits per heavy atom. The van der Waals surface area contributed by atoms with Crippen molar-refractivity contribution in [1.82, 2.24) is 10.2 Å². The maximum atomic E-state index is 10.1. The number of hydrogen-bond acceptors (Lipinski definition) is 5. The van der Waals surface area contributed by atoms with Gasteiger partial charge in [0.05, 0.1) is 5.60 Å². The molecule has 1 aromatic rings. The zero-order valence-electron chi connectivity index (χ0n) is 12.8. The Labute approximate surface area is 135 Å². The lowest BCUT2D eigenvalue weighted by atomic mass is 10.1. The van der Waals surface area contributed by atoms with Gasteiger partial charge in [0.25, 0.3) is 0 Å². The SMILES string of the molecule is CN(C)CC(C)(O)CNCC(O)COc1ccc(Br)cc1. The molecule has 0 fully saturated rings. The fraction of sp³-hybridized carbons (Fsp3) is 0.600. The molecule has 1 rings (SSSR count). The van der Waals surface area contributed by atoms with E-state index in [1.807, 2.05) is 43.3 Å². The second-order valence-electron chi connectivity index (χ2n) is 5.78. The summed E-state index contributed by atoms with van der Waals surface area (Å²) >= 11 is 3.35. The minimum atomic E-state index is -0.824. The first-order valence-electron chi connectivity index (χ1n) is 6.93. The Hall–Kier alpha value is -0.660. The van der Waals surface area contributed by atoms with E-state index < -0.39 is 11.7 Å². The predicted molar refractivity (Wildman–Crippen MR) is 87.7 cm³/mol. The molecule has 1 aromatic carbocycles. The third kappa shape index (κ3) is 8.38. The van der Waals surface area contributed by atoms with Crippen LogP contribution >= 0.6 is 15.9 Å². The maximum Gasteiger partial charge on any atom is 0.119 e. The van der Waals surface area contributed by atoms with Crippen molar-refractivity contribution < 1.29 is 14.9 Å². The van der Waals surface area contributed by atoms with Crippen LogP contribution in [0.3, 0.4) is 0 Å². The van der Waals surface area contributed by atoms with Gasteiger partial charge in [-0.2, -0.15) is 0 Å². The molecule has 3 N–H and O–H groups in total. The van der Waals surface area contributed by atoms with Crippen LogP contribution in [0, 0.1) is 0 Å². The predicted octanol–water partition coefficient (Wildman–Crippen LogP) is 1.09. The molecule has 0 saturated heterocycles. The van der Waals surface area contributed by atoms with Crippen molar-refractivity contribution in [2.45, 2.75) is 18.6 Å². The van der Waals surface area contributed by atoms with Crippen molar-refractivity contribution >= 4 is 15.9 Å². The summed E-state index contributed by atoms with van der Waals surface area (Å²) in [6, 6.07) is 7.45. The van der Waals surface area contributed by atoms with Gasteiger partial charge >= 0.3 is 0 Å². The normalized spacial score (nSPS) is 15.8. The van der Waals surface area contributed by atoms with Gasteiger partial charge in [0.15, 0.2) is 0 Å². The van der Waals surface area contributed by atoms with Crippen LogP contribution in [-0.4, -0.2) is 67.2 Å². The van der Waals surface area contributed by atoms with Crippen LogP contribution in [0.1, 0.15) is 6.92 Å². The van der Waals surface area contributed by atoms with Gasteiger partial charge in [0, 0.05) is 24.1 Å². The van der Waals surface area contributed by atoms with Crippen molar-refractivity contribution in [1.29, 1.82) is 0 Å². The number of likely N-dealkylation sites (N-methyl/N-ethyl adjacent to an activating group) is 1. The third-order valence-electron chi connectivity index (χ3n) is 2.80. The number of nitrogens with one attached hydrogen (secondary N) is 1. The third-order valence-corrected chi connectivity index (χ3v) is 3.33. The summed E-state index contributed by atoms with van der Waals surface area (Å²) in [5, 5.41) is 23.0. The second kappa shape index (κ2) is 8.70. The number of benzene rings is 1. The quantitative estimate of drug-likeness (QED) is 0.615. The number of halogens is 1. The molecular formula is C15H25BrN2O3. The maximum absolute atomic E-state index is 10.1. The molecule has 6 heteroatoms. The van der Waals surface area contributed by atoms with Crippen LogP contribution in [0.4, 0.5) is 0 Å². The molecular weight excluding hydrogens is 336 g/mol. The van der Waals surface area contributed by atoms with Gasteiger partial charge in [0.2, 0.25) is 0 Å². The summed E-state index contributed by atoms with van der Waals surface area (Å²) in [5.74, 6) is 0.719. The van der Waals surface area contributed by atoms with E-state index in [4.69, 9.17) is 4.74 Å². The summed E-state index contributed by atoms with van der Waals surface area (Å²) in [6.45, 7) is 3.33. The Morgan fingerprint density at radius 2 is 1.95 bits per heavy atom. The van der Waals surface area contributed by atoms with Crippen LogP contribution < -0.4 is 10.1 Å². The number of rotatable bonds is 9. The van der Waals surface area contributed by atoms with Crippen molar-refractivity contribution in [2.24, 2.45) is 0 Å².